The fourth-order valence-corrected chi connectivity index (χ4v) is 1.20. The maximum absolute atomic E-state index is 10.2. The molecule has 1 aromatic rings. The van der Waals surface area contributed by atoms with E-state index >= 15 is 0 Å². The number of nitrogen functional groups attached to an aromatic ring is 1. The molecule has 0 saturated carbocycles. The van der Waals surface area contributed by atoms with Gasteiger partial charge in [0.25, 0.3) is 10.4 Å². The number of anilines is 1. The third-order valence-electron chi connectivity index (χ3n) is 1.48. The van der Waals surface area contributed by atoms with Crippen LogP contribution in [0.5, 0.6) is 5.75 Å². The van der Waals surface area contributed by atoms with E-state index in [9.17, 15) is 13.0 Å². The molecule has 72 valence electrons. The molecule has 0 aliphatic carbocycles. The molecule has 14 heavy (non-hydrogen) atoms. The van der Waals surface area contributed by atoms with Crippen LogP contribution >= 0.6 is 0 Å². The van der Waals surface area contributed by atoms with Crippen LogP contribution in [0, 0.1) is 6.92 Å². The van der Waals surface area contributed by atoms with Crippen molar-refractivity contribution in [1.29, 1.82) is 0 Å². The number of hydrogen-bond donors (Lipinski definition) is 1. The Kier molecular flexibility index (Phi) is 5.59. The second kappa shape index (κ2) is 5.45. The van der Waals surface area contributed by atoms with Gasteiger partial charge >= 0.3 is 51.4 Å². The first-order valence-electron chi connectivity index (χ1n) is 3.40. The summed E-state index contributed by atoms with van der Waals surface area (Å²) in [5.41, 5.74) is 6.27. The van der Waals surface area contributed by atoms with Crippen LogP contribution in [-0.4, -0.2) is 13.0 Å². The average Bonchev–Trinajstić information content (AvgIpc) is 1.96. The van der Waals surface area contributed by atoms with Crippen LogP contribution in [0.4, 0.5) is 5.69 Å². The molecule has 0 spiro atoms. The van der Waals surface area contributed by atoms with Crippen LogP contribution in [-0.2, 0) is 10.4 Å². The molecular weight excluding hydrogens is 233 g/mol. The van der Waals surface area contributed by atoms with Crippen molar-refractivity contribution in [3.63, 3.8) is 0 Å². The molecule has 0 atom stereocenters. The first kappa shape index (κ1) is 14.4. The topological polar surface area (TPSA) is 92.5 Å². The number of rotatable bonds is 2. The third kappa shape index (κ3) is 4.26. The van der Waals surface area contributed by atoms with Crippen LogP contribution in [0.15, 0.2) is 18.2 Å². The SMILES string of the molecule is Cc1cccc(OS(=O)(=O)[O-])c1N.[K+]. The smallest absolute Gasteiger partial charge is 0.716 e. The molecule has 0 aromatic heterocycles. The number of nitrogens with two attached hydrogens (primary N) is 1. The largest absolute Gasteiger partial charge is 1.00 e. The monoisotopic (exact) mass is 241 g/mol. The van der Waals surface area contributed by atoms with Crippen molar-refractivity contribution in [2.45, 2.75) is 6.92 Å². The summed E-state index contributed by atoms with van der Waals surface area (Å²) in [7, 11) is -4.75. The van der Waals surface area contributed by atoms with E-state index in [0.717, 1.165) is 0 Å². The Labute approximate surface area is 125 Å². The van der Waals surface area contributed by atoms with Crippen LogP contribution < -0.4 is 61.3 Å². The summed E-state index contributed by atoms with van der Waals surface area (Å²) in [5, 5.41) is 0. The van der Waals surface area contributed by atoms with Gasteiger partial charge in [-0.3, -0.25) is 0 Å². The van der Waals surface area contributed by atoms with Crippen molar-refractivity contribution >= 4 is 16.1 Å². The molecule has 0 aliphatic rings. The number of aryl methyl sites for hydroxylation is 1. The van der Waals surface area contributed by atoms with E-state index in [4.69, 9.17) is 5.73 Å². The van der Waals surface area contributed by atoms with Gasteiger partial charge in [0.15, 0.2) is 5.75 Å². The Morgan fingerprint density at radius 2 is 2.00 bits per heavy atom. The molecule has 0 fully saturated rings. The average molecular weight is 241 g/mol. The minimum absolute atomic E-state index is 0. The van der Waals surface area contributed by atoms with Gasteiger partial charge in [-0.25, -0.2) is 8.42 Å². The number of hydrogen-bond acceptors (Lipinski definition) is 5. The molecule has 0 saturated heterocycles. The minimum atomic E-state index is -4.75. The Morgan fingerprint density at radius 1 is 1.43 bits per heavy atom. The molecule has 0 bridgehead atoms. The van der Waals surface area contributed by atoms with Gasteiger partial charge in [-0.15, -0.1) is 0 Å². The summed E-state index contributed by atoms with van der Waals surface area (Å²) in [6.07, 6.45) is 0. The van der Waals surface area contributed by atoms with E-state index in [0.29, 0.717) is 5.56 Å². The van der Waals surface area contributed by atoms with E-state index in [1.807, 2.05) is 0 Å². The summed E-state index contributed by atoms with van der Waals surface area (Å²) in [6.45, 7) is 1.68. The van der Waals surface area contributed by atoms with Gasteiger partial charge < -0.3 is 14.5 Å². The van der Waals surface area contributed by atoms with Crippen LogP contribution in [0.2, 0.25) is 0 Å². The molecular formula is C7H8KNO4S. The van der Waals surface area contributed by atoms with Gasteiger partial charge in [0.1, 0.15) is 0 Å². The summed E-state index contributed by atoms with van der Waals surface area (Å²) in [5.74, 6) is -0.130. The Balaban J connectivity index is 0.00000169. The second-order valence-corrected chi connectivity index (χ2v) is 3.46. The maximum Gasteiger partial charge on any atom is 1.00 e. The van der Waals surface area contributed by atoms with Crippen molar-refractivity contribution in [3.8, 4) is 5.75 Å². The zero-order chi connectivity index (χ0) is 10.1. The summed E-state index contributed by atoms with van der Waals surface area (Å²) in [6, 6.07) is 4.55. The van der Waals surface area contributed by atoms with E-state index in [1.54, 1.807) is 19.1 Å². The van der Waals surface area contributed by atoms with E-state index in [2.05, 4.69) is 4.18 Å². The van der Waals surface area contributed by atoms with Crippen molar-refractivity contribution < 1.29 is 68.5 Å². The van der Waals surface area contributed by atoms with Gasteiger partial charge in [0.05, 0.1) is 5.69 Å². The molecule has 0 aliphatic heterocycles. The van der Waals surface area contributed by atoms with E-state index in [-0.39, 0.29) is 62.8 Å². The normalized spacial score (nSPS) is 10.4. The quantitative estimate of drug-likeness (QED) is 0.266. The standard InChI is InChI=1S/C7H9NO4S.K/c1-5-3-2-4-6(7(5)8)12-13(9,10)11;/h2-4H,8H2,1H3,(H,9,10,11);/q;+1/p-1. The molecule has 7 heteroatoms. The fourth-order valence-electron chi connectivity index (χ4n) is 0.836. The van der Waals surface area contributed by atoms with Crippen molar-refractivity contribution in [2.75, 3.05) is 5.73 Å². The Hall–Kier alpha value is 0.366. The fraction of sp³-hybridized carbons (Fsp3) is 0.143. The third-order valence-corrected chi connectivity index (χ3v) is 1.86. The van der Waals surface area contributed by atoms with Gasteiger partial charge in [-0.05, 0) is 18.6 Å². The summed E-state index contributed by atoms with van der Waals surface area (Å²) >= 11 is 0. The molecule has 0 heterocycles. The van der Waals surface area contributed by atoms with Gasteiger partial charge in [-0.1, -0.05) is 12.1 Å². The first-order chi connectivity index (χ1) is 5.90. The van der Waals surface area contributed by atoms with E-state index in [1.165, 1.54) is 6.07 Å². The molecule has 1 rings (SSSR count). The van der Waals surface area contributed by atoms with Gasteiger partial charge in [-0.2, -0.15) is 0 Å². The van der Waals surface area contributed by atoms with Crippen LogP contribution in [0.3, 0.4) is 0 Å². The predicted octanol–water partition coefficient (Wildman–Crippen LogP) is -2.58. The van der Waals surface area contributed by atoms with Crippen LogP contribution in [0.25, 0.3) is 0 Å². The Morgan fingerprint density at radius 3 is 2.50 bits per heavy atom. The number of benzene rings is 1. The van der Waals surface area contributed by atoms with Crippen molar-refractivity contribution in [1.82, 2.24) is 0 Å². The molecule has 0 unspecified atom stereocenters. The van der Waals surface area contributed by atoms with Crippen molar-refractivity contribution in [3.05, 3.63) is 23.8 Å². The Bertz CT molecular complexity index is 418. The molecule has 0 radical (unpaired) electrons. The van der Waals surface area contributed by atoms with E-state index < -0.39 is 10.4 Å². The van der Waals surface area contributed by atoms with Crippen molar-refractivity contribution in [2.24, 2.45) is 0 Å². The first-order valence-corrected chi connectivity index (χ1v) is 4.74. The summed E-state index contributed by atoms with van der Waals surface area (Å²) < 4.78 is 34.8. The maximum atomic E-state index is 10.2. The second-order valence-electron chi connectivity index (χ2n) is 2.48. The minimum Gasteiger partial charge on any atom is -0.716 e. The number of para-hydroxylation sites is 1. The molecule has 2 N–H and O–H groups in total. The molecule has 0 amide bonds. The predicted molar refractivity (Wildman–Crippen MR) is 45.9 cm³/mol. The summed E-state index contributed by atoms with van der Waals surface area (Å²) in [4.78, 5) is 0. The van der Waals surface area contributed by atoms with Crippen LogP contribution in [0.1, 0.15) is 5.56 Å². The zero-order valence-electron chi connectivity index (χ0n) is 7.85. The molecule has 5 nitrogen and oxygen atoms in total. The van der Waals surface area contributed by atoms with Gasteiger partial charge in [0.2, 0.25) is 0 Å². The zero-order valence-corrected chi connectivity index (χ0v) is 11.8. The van der Waals surface area contributed by atoms with Gasteiger partial charge in [0, 0.05) is 0 Å². The molecule has 1 aromatic carbocycles.